The Morgan fingerprint density at radius 2 is 2.21 bits per heavy atom. The summed E-state index contributed by atoms with van der Waals surface area (Å²) in [5.74, 6) is -0.416. The number of benzene rings is 1. The minimum atomic E-state index is -0.416. The molecule has 0 aliphatic carbocycles. The van der Waals surface area contributed by atoms with E-state index in [-0.39, 0.29) is 11.1 Å². The maximum absolute atomic E-state index is 13.2. The smallest absolute Gasteiger partial charge is 0.141 e. The van der Waals surface area contributed by atoms with Crippen molar-refractivity contribution in [2.24, 2.45) is 0 Å². The molecule has 19 heavy (non-hydrogen) atoms. The molecule has 3 N–H and O–H groups in total. The summed E-state index contributed by atoms with van der Waals surface area (Å²) in [4.78, 5) is 4.06. The number of anilines is 1. The first-order valence-electron chi connectivity index (χ1n) is 5.92. The molecule has 1 atom stereocenters. The van der Waals surface area contributed by atoms with Crippen molar-refractivity contribution in [3.8, 4) is 0 Å². The molecule has 0 saturated carbocycles. The van der Waals surface area contributed by atoms with E-state index >= 15 is 0 Å². The van der Waals surface area contributed by atoms with Crippen molar-refractivity contribution in [1.29, 1.82) is 0 Å². The Kier molecular flexibility index (Phi) is 4.35. The second-order valence-electron chi connectivity index (χ2n) is 4.29. The highest BCUT2D eigenvalue weighted by Gasteiger charge is 2.13. The minimum absolute atomic E-state index is 0.00426. The van der Waals surface area contributed by atoms with Gasteiger partial charge in [0.05, 0.1) is 5.02 Å². The lowest BCUT2D eigenvalue weighted by molar-refractivity contribution is 0.586. The van der Waals surface area contributed by atoms with Crippen molar-refractivity contribution in [2.45, 2.75) is 12.5 Å². The van der Waals surface area contributed by atoms with Crippen molar-refractivity contribution < 1.29 is 4.39 Å². The van der Waals surface area contributed by atoms with Crippen LogP contribution in [0.2, 0.25) is 5.02 Å². The average molecular weight is 280 g/mol. The van der Waals surface area contributed by atoms with Crippen LogP contribution in [-0.4, -0.2) is 12.0 Å². The molecule has 1 unspecified atom stereocenters. The summed E-state index contributed by atoms with van der Waals surface area (Å²) >= 11 is 5.81. The van der Waals surface area contributed by atoms with Gasteiger partial charge in [-0.3, -0.25) is 4.98 Å². The lowest BCUT2D eigenvalue weighted by atomic mass is 9.99. The fraction of sp³-hybridized carbons (Fsp3) is 0.214. The van der Waals surface area contributed by atoms with Crippen LogP contribution in [0.25, 0.3) is 0 Å². The molecule has 2 rings (SSSR count). The van der Waals surface area contributed by atoms with Crippen LogP contribution < -0.4 is 11.1 Å². The monoisotopic (exact) mass is 279 g/mol. The highest BCUT2D eigenvalue weighted by Crippen LogP contribution is 2.24. The molecule has 1 aromatic heterocycles. The summed E-state index contributed by atoms with van der Waals surface area (Å²) in [5, 5.41) is 3.30. The van der Waals surface area contributed by atoms with E-state index in [2.05, 4.69) is 10.3 Å². The molecule has 0 spiro atoms. The van der Waals surface area contributed by atoms with Crippen LogP contribution in [0, 0.1) is 5.82 Å². The van der Waals surface area contributed by atoms with Gasteiger partial charge in [-0.2, -0.15) is 0 Å². The van der Waals surface area contributed by atoms with Crippen LogP contribution in [0.5, 0.6) is 0 Å². The Balaban J connectivity index is 2.25. The van der Waals surface area contributed by atoms with E-state index < -0.39 is 5.82 Å². The largest absolute Gasteiger partial charge is 0.398 e. The molecule has 0 saturated heterocycles. The van der Waals surface area contributed by atoms with Gasteiger partial charge in [0.2, 0.25) is 0 Å². The zero-order chi connectivity index (χ0) is 13.8. The van der Waals surface area contributed by atoms with Gasteiger partial charge in [0.15, 0.2) is 0 Å². The van der Waals surface area contributed by atoms with Crippen molar-refractivity contribution in [3.05, 3.63) is 58.6 Å². The highest BCUT2D eigenvalue weighted by molar-refractivity contribution is 6.30. The number of likely N-dealkylation sites (N-methyl/N-ethyl adjacent to an activating group) is 1. The Bertz CT molecular complexity index is 574. The first-order valence-corrected chi connectivity index (χ1v) is 6.30. The molecule has 3 nitrogen and oxygen atoms in total. The second-order valence-corrected chi connectivity index (χ2v) is 4.70. The molecule has 1 aromatic carbocycles. The van der Waals surface area contributed by atoms with Crippen LogP contribution >= 0.6 is 11.6 Å². The van der Waals surface area contributed by atoms with Crippen LogP contribution in [0.3, 0.4) is 0 Å². The van der Waals surface area contributed by atoms with E-state index in [1.807, 2.05) is 7.05 Å². The van der Waals surface area contributed by atoms with Gasteiger partial charge in [0.1, 0.15) is 5.82 Å². The average Bonchev–Trinajstić information content (AvgIpc) is 2.41. The van der Waals surface area contributed by atoms with Gasteiger partial charge in [0, 0.05) is 24.1 Å². The summed E-state index contributed by atoms with van der Waals surface area (Å²) in [6, 6.07) is 6.48. The number of aromatic nitrogens is 1. The number of halogens is 2. The number of nitrogens with one attached hydrogen (secondary N) is 1. The molecule has 0 aliphatic rings. The Hall–Kier alpha value is -1.65. The molecule has 0 bridgehead atoms. The molecule has 100 valence electrons. The number of pyridine rings is 1. The standard InChI is InChI=1S/C14H15ClFN3/c1-18-14(7-10-8-19-5-4-13(10)17)9-2-3-12(16)11(15)6-9/h2-6,8,14,18H,7H2,1H3,(H2,17,19). The predicted molar refractivity (Wildman–Crippen MR) is 75.6 cm³/mol. The molecular formula is C14H15ClFN3. The molecular weight excluding hydrogens is 265 g/mol. The summed E-state index contributed by atoms with van der Waals surface area (Å²) in [7, 11) is 1.84. The quantitative estimate of drug-likeness (QED) is 0.905. The number of rotatable bonds is 4. The van der Waals surface area contributed by atoms with Gasteiger partial charge in [-0.15, -0.1) is 0 Å². The topological polar surface area (TPSA) is 50.9 Å². The van der Waals surface area contributed by atoms with Gasteiger partial charge in [-0.25, -0.2) is 4.39 Å². The SMILES string of the molecule is CNC(Cc1cnccc1N)c1ccc(F)c(Cl)c1. The van der Waals surface area contributed by atoms with E-state index in [0.717, 1.165) is 11.1 Å². The summed E-state index contributed by atoms with van der Waals surface area (Å²) in [5.41, 5.74) is 8.46. The van der Waals surface area contributed by atoms with E-state index in [1.165, 1.54) is 6.07 Å². The summed E-state index contributed by atoms with van der Waals surface area (Å²) in [6.45, 7) is 0. The lowest BCUT2D eigenvalue weighted by Gasteiger charge is -2.18. The Morgan fingerprint density at radius 1 is 1.42 bits per heavy atom. The number of nitrogens with two attached hydrogens (primary N) is 1. The number of hydrogen-bond donors (Lipinski definition) is 2. The maximum Gasteiger partial charge on any atom is 0.141 e. The highest BCUT2D eigenvalue weighted by atomic mass is 35.5. The van der Waals surface area contributed by atoms with E-state index in [9.17, 15) is 4.39 Å². The number of nitrogens with zero attached hydrogens (tertiary/aromatic N) is 1. The molecule has 5 heteroatoms. The van der Waals surface area contributed by atoms with Crippen LogP contribution in [0.15, 0.2) is 36.7 Å². The van der Waals surface area contributed by atoms with Crippen molar-refractivity contribution in [2.75, 3.05) is 12.8 Å². The fourth-order valence-corrected chi connectivity index (χ4v) is 2.13. The third-order valence-corrected chi connectivity index (χ3v) is 3.35. The van der Waals surface area contributed by atoms with Crippen molar-refractivity contribution >= 4 is 17.3 Å². The fourth-order valence-electron chi connectivity index (χ4n) is 1.94. The van der Waals surface area contributed by atoms with Gasteiger partial charge in [-0.1, -0.05) is 17.7 Å². The van der Waals surface area contributed by atoms with Gasteiger partial charge < -0.3 is 11.1 Å². The predicted octanol–water partition coefficient (Wildman–Crippen LogP) is 2.96. The third-order valence-electron chi connectivity index (χ3n) is 3.06. The molecule has 0 amide bonds. The number of hydrogen-bond acceptors (Lipinski definition) is 3. The van der Waals surface area contributed by atoms with Crippen LogP contribution in [0.1, 0.15) is 17.2 Å². The minimum Gasteiger partial charge on any atom is -0.398 e. The van der Waals surface area contributed by atoms with Crippen LogP contribution in [0.4, 0.5) is 10.1 Å². The molecule has 0 fully saturated rings. The summed E-state index contributed by atoms with van der Waals surface area (Å²) < 4.78 is 13.2. The molecule has 1 heterocycles. The van der Waals surface area contributed by atoms with Crippen molar-refractivity contribution in [1.82, 2.24) is 10.3 Å². The Labute approximate surface area is 116 Å². The zero-order valence-electron chi connectivity index (χ0n) is 10.5. The summed E-state index contributed by atoms with van der Waals surface area (Å²) in [6.07, 6.45) is 4.06. The van der Waals surface area contributed by atoms with Gasteiger partial charge in [-0.05, 0) is 42.8 Å². The van der Waals surface area contributed by atoms with Gasteiger partial charge in [0.25, 0.3) is 0 Å². The first kappa shape index (κ1) is 13.8. The van der Waals surface area contributed by atoms with Crippen molar-refractivity contribution in [3.63, 3.8) is 0 Å². The molecule has 0 radical (unpaired) electrons. The second kappa shape index (κ2) is 5.99. The van der Waals surface area contributed by atoms with E-state index in [4.69, 9.17) is 17.3 Å². The van der Waals surface area contributed by atoms with Crippen LogP contribution in [-0.2, 0) is 6.42 Å². The normalized spacial score (nSPS) is 12.4. The Morgan fingerprint density at radius 3 is 2.84 bits per heavy atom. The number of nitrogen functional groups attached to an aromatic ring is 1. The lowest BCUT2D eigenvalue weighted by Crippen LogP contribution is -2.19. The molecule has 2 aromatic rings. The zero-order valence-corrected chi connectivity index (χ0v) is 11.3. The van der Waals surface area contributed by atoms with Gasteiger partial charge >= 0.3 is 0 Å². The van der Waals surface area contributed by atoms with E-state index in [1.54, 1.807) is 30.6 Å². The third kappa shape index (κ3) is 3.22. The molecule has 0 aliphatic heterocycles. The van der Waals surface area contributed by atoms with E-state index in [0.29, 0.717) is 12.1 Å². The first-order chi connectivity index (χ1) is 9.11. The maximum atomic E-state index is 13.2.